The molecule has 0 bridgehead atoms. The van der Waals surface area contributed by atoms with Crippen LogP contribution in [0.4, 0.5) is 11.4 Å². The summed E-state index contributed by atoms with van der Waals surface area (Å²) in [6, 6.07) is 4.51. The highest BCUT2D eigenvalue weighted by molar-refractivity contribution is 6.31. The number of hydrogen-bond donors (Lipinski definition) is 1. The number of aromatic nitrogens is 2. The maximum Gasteiger partial charge on any atom is 0.292 e. The second kappa shape index (κ2) is 6.91. The van der Waals surface area contributed by atoms with Crippen molar-refractivity contribution in [3.05, 3.63) is 52.1 Å². The van der Waals surface area contributed by atoms with Gasteiger partial charge in [-0.2, -0.15) is 0 Å². The fourth-order valence-corrected chi connectivity index (χ4v) is 2.04. The van der Waals surface area contributed by atoms with Crippen molar-refractivity contribution in [2.45, 2.75) is 19.4 Å². The molecule has 0 unspecified atom stereocenters. The van der Waals surface area contributed by atoms with Crippen LogP contribution in [0.15, 0.2) is 36.9 Å². The number of nitrogens with one attached hydrogen (secondary N) is 1. The fraction of sp³-hybridized carbons (Fsp3) is 0.308. The Morgan fingerprint density at radius 2 is 2.25 bits per heavy atom. The third-order valence-corrected chi connectivity index (χ3v) is 3.11. The Morgan fingerprint density at radius 3 is 2.95 bits per heavy atom. The monoisotopic (exact) mass is 294 g/mol. The maximum absolute atomic E-state index is 10.9. The van der Waals surface area contributed by atoms with Crippen LogP contribution in [0.3, 0.4) is 0 Å². The van der Waals surface area contributed by atoms with E-state index in [2.05, 4.69) is 10.3 Å². The number of rotatable bonds is 7. The van der Waals surface area contributed by atoms with Gasteiger partial charge < -0.3 is 9.88 Å². The third kappa shape index (κ3) is 3.96. The molecule has 1 aromatic heterocycles. The zero-order valence-corrected chi connectivity index (χ0v) is 11.6. The van der Waals surface area contributed by atoms with Crippen molar-refractivity contribution >= 4 is 23.0 Å². The van der Waals surface area contributed by atoms with Crippen molar-refractivity contribution in [1.82, 2.24) is 9.55 Å². The Bertz CT molecular complexity index is 572. The summed E-state index contributed by atoms with van der Waals surface area (Å²) in [5, 5.41) is 14.4. The molecule has 0 atom stereocenters. The van der Waals surface area contributed by atoms with Crippen LogP contribution >= 0.6 is 11.6 Å². The first-order valence-corrected chi connectivity index (χ1v) is 6.68. The molecule has 0 aliphatic heterocycles. The van der Waals surface area contributed by atoms with Crippen LogP contribution in [0.25, 0.3) is 0 Å². The van der Waals surface area contributed by atoms with Crippen molar-refractivity contribution in [3.8, 4) is 0 Å². The molecule has 0 saturated carbocycles. The van der Waals surface area contributed by atoms with Gasteiger partial charge in [0.25, 0.3) is 5.69 Å². The van der Waals surface area contributed by atoms with Gasteiger partial charge in [0.05, 0.1) is 11.3 Å². The number of benzene rings is 1. The van der Waals surface area contributed by atoms with E-state index < -0.39 is 4.92 Å². The van der Waals surface area contributed by atoms with E-state index in [-0.39, 0.29) is 5.69 Å². The van der Waals surface area contributed by atoms with E-state index in [4.69, 9.17) is 11.6 Å². The molecule has 1 N–H and O–H groups in total. The van der Waals surface area contributed by atoms with E-state index in [9.17, 15) is 10.1 Å². The standard InChI is InChI=1S/C13H15ClN4O2/c14-11-3-4-13(18(19)20)12(9-11)16-5-1-2-7-17-8-6-15-10-17/h3-4,6,8-10,16H,1-2,5,7H2. The predicted molar refractivity (Wildman–Crippen MR) is 78.1 cm³/mol. The van der Waals surface area contributed by atoms with Gasteiger partial charge in [-0.05, 0) is 25.0 Å². The Morgan fingerprint density at radius 1 is 1.40 bits per heavy atom. The van der Waals surface area contributed by atoms with Crippen LogP contribution in [0, 0.1) is 10.1 Å². The van der Waals surface area contributed by atoms with Gasteiger partial charge in [0.2, 0.25) is 0 Å². The summed E-state index contributed by atoms with van der Waals surface area (Å²) in [5.41, 5.74) is 0.508. The maximum atomic E-state index is 10.9. The minimum absolute atomic E-state index is 0.0454. The lowest BCUT2D eigenvalue weighted by Gasteiger charge is -2.07. The molecule has 0 aliphatic rings. The number of hydrogen-bond acceptors (Lipinski definition) is 4. The second-order valence-electron chi connectivity index (χ2n) is 4.35. The van der Waals surface area contributed by atoms with Crippen LogP contribution in [0.1, 0.15) is 12.8 Å². The first-order valence-electron chi connectivity index (χ1n) is 6.30. The van der Waals surface area contributed by atoms with Crippen LogP contribution in [-0.2, 0) is 6.54 Å². The normalized spacial score (nSPS) is 10.4. The number of imidazole rings is 1. The van der Waals surface area contributed by atoms with Gasteiger partial charge in [-0.3, -0.25) is 10.1 Å². The lowest BCUT2D eigenvalue weighted by molar-refractivity contribution is -0.384. The summed E-state index contributed by atoms with van der Waals surface area (Å²) in [5.74, 6) is 0. The fourth-order valence-electron chi connectivity index (χ4n) is 1.87. The number of halogens is 1. The Kier molecular flexibility index (Phi) is 4.95. The minimum atomic E-state index is -0.413. The van der Waals surface area contributed by atoms with E-state index in [1.165, 1.54) is 12.1 Å². The number of unbranched alkanes of at least 4 members (excludes halogenated alkanes) is 1. The molecule has 0 fully saturated rings. The zero-order chi connectivity index (χ0) is 14.4. The summed E-state index contributed by atoms with van der Waals surface area (Å²) >= 11 is 5.86. The van der Waals surface area contributed by atoms with Crippen molar-refractivity contribution in [3.63, 3.8) is 0 Å². The molecule has 7 heteroatoms. The number of nitrogens with zero attached hydrogens (tertiary/aromatic N) is 3. The van der Waals surface area contributed by atoms with Crippen molar-refractivity contribution in [1.29, 1.82) is 0 Å². The molecule has 0 aliphatic carbocycles. The molecular formula is C13H15ClN4O2. The van der Waals surface area contributed by atoms with Crippen molar-refractivity contribution in [2.75, 3.05) is 11.9 Å². The van der Waals surface area contributed by atoms with E-state index in [1.54, 1.807) is 18.6 Å². The average molecular weight is 295 g/mol. The molecule has 0 amide bonds. The van der Waals surface area contributed by atoms with E-state index in [0.717, 1.165) is 19.4 Å². The van der Waals surface area contributed by atoms with Crippen molar-refractivity contribution in [2.24, 2.45) is 0 Å². The third-order valence-electron chi connectivity index (χ3n) is 2.87. The lowest BCUT2D eigenvalue weighted by atomic mass is 10.2. The van der Waals surface area contributed by atoms with Crippen LogP contribution in [-0.4, -0.2) is 21.0 Å². The molecule has 1 heterocycles. The van der Waals surface area contributed by atoms with E-state index in [1.807, 2.05) is 10.8 Å². The Balaban J connectivity index is 1.81. The first kappa shape index (κ1) is 14.3. The molecule has 20 heavy (non-hydrogen) atoms. The number of nitro benzene ring substituents is 1. The van der Waals surface area contributed by atoms with Gasteiger partial charge >= 0.3 is 0 Å². The van der Waals surface area contributed by atoms with Crippen molar-refractivity contribution < 1.29 is 4.92 Å². The molecule has 106 valence electrons. The zero-order valence-electron chi connectivity index (χ0n) is 10.8. The highest BCUT2D eigenvalue weighted by Gasteiger charge is 2.13. The van der Waals surface area contributed by atoms with Gasteiger partial charge in [-0.1, -0.05) is 11.6 Å². The smallest absolute Gasteiger partial charge is 0.292 e. The summed E-state index contributed by atoms with van der Waals surface area (Å²) in [4.78, 5) is 14.4. The highest BCUT2D eigenvalue weighted by atomic mass is 35.5. The van der Waals surface area contributed by atoms with Gasteiger partial charge in [0, 0.05) is 36.6 Å². The first-order chi connectivity index (χ1) is 9.66. The molecule has 2 rings (SSSR count). The second-order valence-corrected chi connectivity index (χ2v) is 4.79. The molecule has 0 saturated heterocycles. The SMILES string of the molecule is O=[N+]([O-])c1ccc(Cl)cc1NCCCCn1ccnc1. The van der Waals surface area contributed by atoms with Crippen LogP contribution < -0.4 is 5.32 Å². The van der Waals surface area contributed by atoms with Gasteiger partial charge in [0.1, 0.15) is 5.69 Å². The number of anilines is 1. The number of nitro groups is 1. The molecule has 0 spiro atoms. The lowest BCUT2D eigenvalue weighted by Crippen LogP contribution is -2.05. The average Bonchev–Trinajstić information content (AvgIpc) is 2.91. The van der Waals surface area contributed by atoms with E-state index in [0.29, 0.717) is 17.3 Å². The molecule has 2 aromatic rings. The molecular weight excluding hydrogens is 280 g/mol. The summed E-state index contributed by atoms with van der Waals surface area (Å²) in [7, 11) is 0. The predicted octanol–water partition coefficient (Wildman–Crippen LogP) is 3.34. The van der Waals surface area contributed by atoms with E-state index >= 15 is 0 Å². The van der Waals surface area contributed by atoms with Crippen LogP contribution in [0.2, 0.25) is 5.02 Å². The summed E-state index contributed by atoms with van der Waals surface area (Å²) in [6.07, 6.45) is 7.30. The molecule has 1 aromatic carbocycles. The molecule has 6 nitrogen and oxygen atoms in total. The summed E-state index contributed by atoms with van der Waals surface area (Å²) in [6.45, 7) is 1.55. The summed E-state index contributed by atoms with van der Waals surface area (Å²) < 4.78 is 2.00. The topological polar surface area (TPSA) is 73.0 Å². The van der Waals surface area contributed by atoms with Crippen LogP contribution in [0.5, 0.6) is 0 Å². The molecule has 0 radical (unpaired) electrons. The number of aryl methyl sites for hydroxylation is 1. The Labute approximate surface area is 121 Å². The minimum Gasteiger partial charge on any atom is -0.379 e. The van der Waals surface area contributed by atoms with Gasteiger partial charge in [0.15, 0.2) is 0 Å². The largest absolute Gasteiger partial charge is 0.379 e. The quantitative estimate of drug-likeness (QED) is 0.483. The van der Waals surface area contributed by atoms with Gasteiger partial charge in [-0.15, -0.1) is 0 Å². The Hall–Kier alpha value is -2.08. The van der Waals surface area contributed by atoms with Gasteiger partial charge in [-0.25, -0.2) is 4.98 Å². The highest BCUT2D eigenvalue weighted by Crippen LogP contribution is 2.27.